The lowest BCUT2D eigenvalue weighted by atomic mass is 10.1. The molecule has 0 aliphatic carbocycles. The van der Waals surface area contributed by atoms with Gasteiger partial charge in [0.15, 0.2) is 23.3 Å². The first-order chi connectivity index (χ1) is 13.3. The SMILES string of the molecule is C/C(=N/Nc1nc(C)cc(-c2ccccc2)n1)c1c(F)c(F)c(F)c(F)c1F. The Morgan fingerprint density at radius 1 is 0.857 bits per heavy atom. The Balaban J connectivity index is 1.96. The third kappa shape index (κ3) is 3.68. The Kier molecular flexibility index (Phi) is 5.34. The van der Waals surface area contributed by atoms with Crippen molar-refractivity contribution in [2.24, 2.45) is 5.10 Å². The summed E-state index contributed by atoms with van der Waals surface area (Å²) in [5.41, 5.74) is 2.77. The van der Waals surface area contributed by atoms with Gasteiger partial charge in [0.25, 0.3) is 0 Å². The van der Waals surface area contributed by atoms with E-state index in [1.54, 1.807) is 13.0 Å². The molecule has 1 aromatic heterocycles. The molecule has 9 heteroatoms. The maximum absolute atomic E-state index is 13.9. The van der Waals surface area contributed by atoms with E-state index in [9.17, 15) is 22.0 Å². The molecule has 0 fully saturated rings. The monoisotopic (exact) mass is 392 g/mol. The molecule has 0 saturated heterocycles. The van der Waals surface area contributed by atoms with Crippen molar-refractivity contribution in [2.75, 3.05) is 5.43 Å². The molecule has 0 aliphatic heterocycles. The number of hydrazone groups is 1. The van der Waals surface area contributed by atoms with Crippen molar-refractivity contribution in [3.63, 3.8) is 0 Å². The standard InChI is InChI=1S/C19H13F5N4/c1-9-8-12(11-6-4-3-5-7-11)26-19(25-9)28-27-10(2)13-14(20)16(22)18(24)17(23)15(13)21/h3-8H,1-2H3,(H,25,26,28)/b27-10-. The van der Waals surface area contributed by atoms with Crippen LogP contribution in [0.25, 0.3) is 11.3 Å². The van der Waals surface area contributed by atoms with Crippen LogP contribution < -0.4 is 5.43 Å². The average molecular weight is 392 g/mol. The molecule has 0 unspecified atom stereocenters. The number of hydrogen-bond donors (Lipinski definition) is 1. The molecule has 1 N–H and O–H groups in total. The normalized spacial score (nSPS) is 11.6. The minimum Gasteiger partial charge on any atom is -0.245 e. The minimum atomic E-state index is -2.23. The molecule has 3 rings (SSSR count). The molecule has 144 valence electrons. The minimum absolute atomic E-state index is 0.00192. The highest BCUT2D eigenvalue weighted by atomic mass is 19.2. The first kappa shape index (κ1) is 19.4. The third-order valence-corrected chi connectivity index (χ3v) is 3.82. The Labute approximate surface area is 156 Å². The molecule has 0 spiro atoms. The van der Waals surface area contributed by atoms with Crippen LogP contribution in [0.2, 0.25) is 0 Å². The van der Waals surface area contributed by atoms with E-state index in [2.05, 4.69) is 20.5 Å². The molecule has 0 atom stereocenters. The molecule has 0 radical (unpaired) electrons. The zero-order valence-corrected chi connectivity index (χ0v) is 14.7. The highest BCUT2D eigenvalue weighted by Gasteiger charge is 2.27. The van der Waals surface area contributed by atoms with E-state index in [1.807, 2.05) is 30.3 Å². The summed E-state index contributed by atoms with van der Waals surface area (Å²) in [7, 11) is 0. The summed E-state index contributed by atoms with van der Waals surface area (Å²) in [4.78, 5) is 8.33. The van der Waals surface area contributed by atoms with E-state index >= 15 is 0 Å². The highest BCUT2D eigenvalue weighted by Crippen LogP contribution is 2.24. The molecule has 0 amide bonds. The number of anilines is 1. The van der Waals surface area contributed by atoms with Crippen molar-refractivity contribution in [3.05, 3.63) is 76.7 Å². The summed E-state index contributed by atoms with van der Waals surface area (Å²) in [5.74, 6) is -10.2. The smallest absolute Gasteiger partial charge is 0.244 e. The molecular formula is C19H13F5N4. The lowest BCUT2D eigenvalue weighted by Crippen LogP contribution is -2.13. The van der Waals surface area contributed by atoms with Crippen molar-refractivity contribution >= 4 is 11.7 Å². The first-order valence-corrected chi connectivity index (χ1v) is 8.02. The number of nitrogens with zero attached hydrogens (tertiary/aromatic N) is 3. The topological polar surface area (TPSA) is 50.2 Å². The number of hydrogen-bond acceptors (Lipinski definition) is 4. The van der Waals surface area contributed by atoms with Crippen molar-refractivity contribution in [3.8, 4) is 11.3 Å². The van der Waals surface area contributed by atoms with Crippen LogP contribution in [-0.2, 0) is 0 Å². The fraction of sp³-hybridized carbons (Fsp3) is 0.105. The molecule has 28 heavy (non-hydrogen) atoms. The van der Waals surface area contributed by atoms with Crippen LogP contribution in [0.3, 0.4) is 0 Å². The Hall–Kier alpha value is -3.36. The van der Waals surface area contributed by atoms with Gasteiger partial charge in [0.05, 0.1) is 17.0 Å². The van der Waals surface area contributed by atoms with Gasteiger partial charge in [0.2, 0.25) is 11.8 Å². The van der Waals surface area contributed by atoms with Crippen LogP contribution in [0.4, 0.5) is 27.9 Å². The fourth-order valence-electron chi connectivity index (χ4n) is 2.49. The van der Waals surface area contributed by atoms with Gasteiger partial charge in [-0.15, -0.1) is 0 Å². The third-order valence-electron chi connectivity index (χ3n) is 3.82. The maximum atomic E-state index is 13.9. The summed E-state index contributed by atoms with van der Waals surface area (Å²) >= 11 is 0. The number of nitrogens with one attached hydrogen (secondary N) is 1. The van der Waals surface area contributed by atoms with Crippen LogP contribution in [0.1, 0.15) is 18.2 Å². The van der Waals surface area contributed by atoms with Gasteiger partial charge < -0.3 is 0 Å². The van der Waals surface area contributed by atoms with Gasteiger partial charge in [-0.25, -0.2) is 37.3 Å². The zero-order chi connectivity index (χ0) is 20.4. The van der Waals surface area contributed by atoms with Crippen molar-refractivity contribution < 1.29 is 22.0 Å². The molecule has 0 saturated carbocycles. The predicted octanol–water partition coefficient (Wildman–Crippen LogP) is 4.98. The van der Waals surface area contributed by atoms with E-state index in [4.69, 9.17) is 0 Å². The van der Waals surface area contributed by atoms with Gasteiger partial charge in [0.1, 0.15) is 0 Å². The second kappa shape index (κ2) is 7.71. The van der Waals surface area contributed by atoms with E-state index in [0.29, 0.717) is 11.4 Å². The summed E-state index contributed by atoms with van der Waals surface area (Å²) in [6, 6.07) is 10.9. The Morgan fingerprint density at radius 2 is 1.43 bits per heavy atom. The van der Waals surface area contributed by atoms with Gasteiger partial charge in [-0.3, -0.25) is 0 Å². The summed E-state index contributed by atoms with van der Waals surface area (Å²) in [6.07, 6.45) is 0. The number of aryl methyl sites for hydroxylation is 1. The number of benzene rings is 2. The van der Waals surface area contributed by atoms with Crippen LogP contribution >= 0.6 is 0 Å². The first-order valence-electron chi connectivity index (χ1n) is 8.02. The molecule has 0 aliphatic rings. The average Bonchev–Trinajstić information content (AvgIpc) is 2.69. The van der Waals surface area contributed by atoms with Gasteiger partial charge in [0, 0.05) is 11.3 Å². The maximum Gasteiger partial charge on any atom is 0.244 e. The molecule has 4 nitrogen and oxygen atoms in total. The number of aromatic nitrogens is 2. The van der Waals surface area contributed by atoms with Crippen LogP contribution in [-0.4, -0.2) is 15.7 Å². The van der Waals surface area contributed by atoms with Crippen LogP contribution in [0.5, 0.6) is 0 Å². The fourth-order valence-corrected chi connectivity index (χ4v) is 2.49. The van der Waals surface area contributed by atoms with Gasteiger partial charge in [-0.05, 0) is 19.9 Å². The quantitative estimate of drug-likeness (QED) is 0.224. The largest absolute Gasteiger partial charge is 0.245 e. The molecule has 1 heterocycles. The molecule has 3 aromatic rings. The van der Waals surface area contributed by atoms with E-state index in [-0.39, 0.29) is 5.95 Å². The van der Waals surface area contributed by atoms with Gasteiger partial charge in [-0.2, -0.15) is 5.10 Å². The van der Waals surface area contributed by atoms with E-state index in [1.165, 1.54) is 0 Å². The second-order valence-corrected chi connectivity index (χ2v) is 5.84. The Morgan fingerprint density at radius 3 is 2.04 bits per heavy atom. The summed E-state index contributed by atoms with van der Waals surface area (Å²) in [5, 5.41) is 3.68. The van der Waals surface area contributed by atoms with Crippen LogP contribution in [0.15, 0.2) is 41.5 Å². The van der Waals surface area contributed by atoms with E-state index < -0.39 is 40.4 Å². The molecule has 2 aromatic carbocycles. The molecule has 0 bridgehead atoms. The van der Waals surface area contributed by atoms with Crippen LogP contribution in [0, 0.1) is 36.0 Å². The van der Waals surface area contributed by atoms with Gasteiger partial charge in [-0.1, -0.05) is 30.3 Å². The zero-order valence-electron chi connectivity index (χ0n) is 14.7. The Bertz CT molecular complexity index is 1040. The second-order valence-electron chi connectivity index (χ2n) is 5.84. The number of rotatable bonds is 4. The lowest BCUT2D eigenvalue weighted by molar-refractivity contribution is 0.377. The van der Waals surface area contributed by atoms with Crippen molar-refractivity contribution in [1.29, 1.82) is 0 Å². The van der Waals surface area contributed by atoms with Crippen molar-refractivity contribution in [2.45, 2.75) is 13.8 Å². The molecular weight excluding hydrogens is 379 g/mol. The highest BCUT2D eigenvalue weighted by molar-refractivity contribution is 5.99. The number of halogens is 5. The lowest BCUT2D eigenvalue weighted by Gasteiger charge is -2.09. The summed E-state index contributed by atoms with van der Waals surface area (Å²) < 4.78 is 67.6. The summed E-state index contributed by atoms with van der Waals surface area (Å²) in [6.45, 7) is 2.80. The predicted molar refractivity (Wildman–Crippen MR) is 94.3 cm³/mol. The van der Waals surface area contributed by atoms with E-state index in [0.717, 1.165) is 12.5 Å². The van der Waals surface area contributed by atoms with Crippen molar-refractivity contribution in [1.82, 2.24) is 9.97 Å². The van der Waals surface area contributed by atoms with Gasteiger partial charge >= 0.3 is 0 Å².